The van der Waals surface area contributed by atoms with Crippen molar-refractivity contribution in [2.24, 2.45) is 17.2 Å². The molecule has 0 aromatic carbocycles. The molecule has 0 radical (unpaired) electrons. The summed E-state index contributed by atoms with van der Waals surface area (Å²) in [6.07, 6.45) is -2.87. The minimum absolute atomic E-state index is 0.728. The second kappa shape index (κ2) is 11.6. The molecule has 5 amide bonds. The van der Waals surface area contributed by atoms with Crippen LogP contribution in [-0.4, -0.2) is 76.0 Å². The van der Waals surface area contributed by atoms with Crippen molar-refractivity contribution in [2.45, 2.75) is 57.0 Å². The van der Waals surface area contributed by atoms with E-state index in [4.69, 9.17) is 22.3 Å². The Balaban J connectivity index is 5.43. The number of carboxylic acids is 1. The van der Waals surface area contributed by atoms with Crippen LogP contribution >= 0.6 is 0 Å². The van der Waals surface area contributed by atoms with Gasteiger partial charge >= 0.3 is 5.97 Å². The van der Waals surface area contributed by atoms with Gasteiger partial charge in [0.2, 0.25) is 29.5 Å². The molecule has 11 N–H and O–H groups in total. The normalized spacial score (nSPS) is 15.7. The molecule has 0 rings (SSSR count). The molecule has 5 unspecified atom stereocenters. The van der Waals surface area contributed by atoms with Crippen LogP contribution in [0.5, 0.6) is 0 Å². The third-order valence-electron chi connectivity index (χ3n) is 3.53. The average molecular weight is 418 g/mol. The van der Waals surface area contributed by atoms with Crippen LogP contribution in [0.3, 0.4) is 0 Å². The summed E-state index contributed by atoms with van der Waals surface area (Å²) in [5.41, 5.74) is 15.3. The molecule has 5 atom stereocenters. The molecule has 0 fully saturated rings. The maximum atomic E-state index is 12.4. The maximum Gasteiger partial charge on any atom is 0.326 e. The van der Waals surface area contributed by atoms with Gasteiger partial charge in [0.1, 0.15) is 18.1 Å². The Kier molecular flexibility index (Phi) is 10.3. The minimum atomic E-state index is -1.71. The van der Waals surface area contributed by atoms with Gasteiger partial charge < -0.3 is 43.4 Å². The van der Waals surface area contributed by atoms with Gasteiger partial charge in [-0.1, -0.05) is 0 Å². The summed E-state index contributed by atoms with van der Waals surface area (Å²) < 4.78 is 0. The van der Waals surface area contributed by atoms with Gasteiger partial charge in [0, 0.05) is 0 Å². The highest BCUT2D eigenvalue weighted by molar-refractivity contribution is 5.96. The number of nitrogens with two attached hydrogens (primary N) is 3. The highest BCUT2D eigenvalue weighted by Gasteiger charge is 2.33. The SMILES string of the molecule is CC(N)C(=O)NC(C(=O)NC(CC(N)=O)C(=O)NC(CC(N)=O)C(=O)O)C(C)O. The van der Waals surface area contributed by atoms with Gasteiger partial charge in [0.05, 0.1) is 25.0 Å². The number of amides is 5. The Labute approximate surface area is 165 Å². The standard InChI is InChI=1S/C15H26N6O8/c1-5(16)12(25)21-11(6(2)22)14(27)19-7(3-9(17)23)13(26)20-8(15(28)29)4-10(18)24/h5-8,11,22H,3-4,16H2,1-2H3,(H2,17,23)(H2,18,24)(H,19,27)(H,20,26)(H,21,25)(H,28,29). The third kappa shape index (κ3) is 9.48. The molecule has 0 spiro atoms. The summed E-state index contributed by atoms with van der Waals surface area (Å²) in [7, 11) is 0. The third-order valence-corrected chi connectivity index (χ3v) is 3.53. The van der Waals surface area contributed by atoms with E-state index in [0.29, 0.717) is 0 Å². The molecule has 14 heteroatoms. The number of aliphatic carboxylic acids is 1. The molecule has 0 saturated carbocycles. The van der Waals surface area contributed by atoms with E-state index in [1.807, 2.05) is 5.32 Å². The predicted octanol–water partition coefficient (Wildman–Crippen LogP) is -5.00. The highest BCUT2D eigenvalue weighted by Crippen LogP contribution is 2.01. The van der Waals surface area contributed by atoms with Crippen molar-refractivity contribution in [3.8, 4) is 0 Å². The lowest BCUT2D eigenvalue weighted by molar-refractivity contribution is -0.144. The quantitative estimate of drug-likeness (QED) is 0.151. The lowest BCUT2D eigenvalue weighted by atomic mass is 10.1. The van der Waals surface area contributed by atoms with Crippen LogP contribution in [0, 0.1) is 0 Å². The van der Waals surface area contributed by atoms with Gasteiger partial charge in [-0.3, -0.25) is 24.0 Å². The molecule has 29 heavy (non-hydrogen) atoms. The van der Waals surface area contributed by atoms with Crippen molar-refractivity contribution in [1.29, 1.82) is 0 Å². The van der Waals surface area contributed by atoms with Gasteiger partial charge in [-0.2, -0.15) is 0 Å². The van der Waals surface area contributed by atoms with Crippen LogP contribution in [0.15, 0.2) is 0 Å². The number of hydrogen-bond donors (Lipinski definition) is 8. The molecule has 0 aliphatic rings. The molecule has 14 nitrogen and oxygen atoms in total. The number of carbonyl (C=O) groups is 6. The average Bonchev–Trinajstić information content (AvgIpc) is 2.56. The van der Waals surface area contributed by atoms with Crippen LogP contribution in [0.25, 0.3) is 0 Å². The van der Waals surface area contributed by atoms with E-state index in [1.54, 1.807) is 0 Å². The van der Waals surface area contributed by atoms with Gasteiger partial charge in [-0.05, 0) is 13.8 Å². The number of aliphatic hydroxyl groups excluding tert-OH is 1. The zero-order chi connectivity index (χ0) is 22.9. The van der Waals surface area contributed by atoms with Crippen molar-refractivity contribution < 1.29 is 39.0 Å². The fraction of sp³-hybridized carbons (Fsp3) is 0.600. The Morgan fingerprint density at radius 2 is 1.24 bits per heavy atom. The summed E-state index contributed by atoms with van der Waals surface area (Å²) in [6.45, 7) is 2.52. The molecule has 0 aromatic rings. The molecule has 164 valence electrons. The van der Waals surface area contributed by atoms with E-state index in [-0.39, 0.29) is 0 Å². The molecule has 0 bridgehead atoms. The van der Waals surface area contributed by atoms with E-state index < -0.39 is 78.6 Å². The van der Waals surface area contributed by atoms with Crippen LogP contribution < -0.4 is 33.2 Å². The molecule has 0 aliphatic carbocycles. The summed E-state index contributed by atoms with van der Waals surface area (Å²) in [6, 6.07) is -5.89. The Hall–Kier alpha value is -3.26. The number of rotatable bonds is 12. The van der Waals surface area contributed by atoms with Gasteiger partial charge in [0.15, 0.2) is 0 Å². The first kappa shape index (κ1) is 25.7. The number of hydrogen-bond acceptors (Lipinski definition) is 8. The smallest absolute Gasteiger partial charge is 0.326 e. The molecule has 0 aliphatic heterocycles. The van der Waals surface area contributed by atoms with Crippen LogP contribution in [-0.2, 0) is 28.8 Å². The zero-order valence-corrected chi connectivity index (χ0v) is 15.9. The molecule has 0 aromatic heterocycles. The predicted molar refractivity (Wildman–Crippen MR) is 96.4 cm³/mol. The van der Waals surface area contributed by atoms with Gasteiger partial charge in [-0.15, -0.1) is 0 Å². The van der Waals surface area contributed by atoms with Crippen molar-refractivity contribution in [3.63, 3.8) is 0 Å². The van der Waals surface area contributed by atoms with E-state index in [0.717, 1.165) is 0 Å². The maximum absolute atomic E-state index is 12.4. The van der Waals surface area contributed by atoms with E-state index in [1.165, 1.54) is 13.8 Å². The number of carboxylic acid groups (broad SMARTS) is 1. The second-order valence-electron chi connectivity index (χ2n) is 6.32. The summed E-state index contributed by atoms with van der Waals surface area (Å²) in [4.78, 5) is 69.7. The fourth-order valence-electron chi connectivity index (χ4n) is 2.04. The van der Waals surface area contributed by atoms with Gasteiger partial charge in [-0.25, -0.2) is 4.79 Å². The Bertz CT molecular complexity index is 665. The van der Waals surface area contributed by atoms with Crippen LogP contribution in [0.2, 0.25) is 0 Å². The number of carbonyl (C=O) groups excluding carboxylic acids is 5. The summed E-state index contributed by atoms with van der Waals surface area (Å²) in [5.74, 6) is -6.58. The Morgan fingerprint density at radius 1 is 0.793 bits per heavy atom. The molecule has 0 heterocycles. The van der Waals surface area contributed by atoms with Gasteiger partial charge in [0.25, 0.3) is 0 Å². The molecular weight excluding hydrogens is 392 g/mol. The van der Waals surface area contributed by atoms with Crippen LogP contribution in [0.1, 0.15) is 26.7 Å². The fourth-order valence-corrected chi connectivity index (χ4v) is 2.04. The van der Waals surface area contributed by atoms with E-state index in [9.17, 15) is 33.9 Å². The first-order valence-corrected chi connectivity index (χ1v) is 8.40. The topological polar surface area (TPSA) is 257 Å². The van der Waals surface area contributed by atoms with Crippen molar-refractivity contribution >= 4 is 35.5 Å². The lowest BCUT2D eigenvalue weighted by Crippen LogP contribution is -2.60. The molecular formula is C15H26N6O8. The number of nitrogens with one attached hydrogen (secondary N) is 3. The van der Waals surface area contributed by atoms with E-state index in [2.05, 4.69) is 10.6 Å². The molecule has 0 saturated heterocycles. The number of primary amides is 2. The first-order valence-electron chi connectivity index (χ1n) is 8.40. The summed E-state index contributed by atoms with van der Waals surface area (Å²) >= 11 is 0. The van der Waals surface area contributed by atoms with Crippen LogP contribution in [0.4, 0.5) is 0 Å². The highest BCUT2D eigenvalue weighted by atomic mass is 16.4. The monoisotopic (exact) mass is 418 g/mol. The first-order chi connectivity index (χ1) is 13.3. The second-order valence-corrected chi connectivity index (χ2v) is 6.32. The van der Waals surface area contributed by atoms with E-state index >= 15 is 0 Å². The van der Waals surface area contributed by atoms with Crippen molar-refractivity contribution in [3.05, 3.63) is 0 Å². The number of aliphatic hydroxyl groups is 1. The Morgan fingerprint density at radius 3 is 1.62 bits per heavy atom. The summed E-state index contributed by atoms with van der Waals surface area (Å²) in [5, 5.41) is 25.0. The largest absolute Gasteiger partial charge is 0.480 e. The minimum Gasteiger partial charge on any atom is -0.480 e. The van der Waals surface area contributed by atoms with Crippen molar-refractivity contribution in [2.75, 3.05) is 0 Å². The van der Waals surface area contributed by atoms with Crippen molar-refractivity contribution in [1.82, 2.24) is 16.0 Å². The zero-order valence-electron chi connectivity index (χ0n) is 15.9. The lowest BCUT2D eigenvalue weighted by Gasteiger charge is -2.25.